The van der Waals surface area contributed by atoms with Gasteiger partial charge in [-0.2, -0.15) is 0 Å². The molecule has 3 fully saturated rings. The number of carboxylic acids is 1. The van der Waals surface area contributed by atoms with E-state index in [2.05, 4.69) is 0 Å². The summed E-state index contributed by atoms with van der Waals surface area (Å²) in [4.78, 5) is 24.2. The second-order valence-electron chi connectivity index (χ2n) is 4.41. The minimum Gasteiger partial charge on any atom is -0.479 e. The van der Waals surface area contributed by atoms with E-state index in [9.17, 15) is 14.7 Å². The molecule has 0 radical (unpaired) electrons. The van der Waals surface area contributed by atoms with Crippen LogP contribution in [0.1, 0.15) is 32.6 Å². The minimum absolute atomic E-state index is 0.100. The fraction of sp³-hybridized carbons (Fsp3) is 0.800. The molecule has 2 bridgehead atoms. The first-order chi connectivity index (χ1) is 6.56. The SMILES string of the molecule is CC(=O)N1CC2CCC1(C(=O)O)CC2. The topological polar surface area (TPSA) is 57.6 Å². The monoisotopic (exact) mass is 197 g/mol. The predicted molar refractivity (Wildman–Crippen MR) is 49.7 cm³/mol. The Bertz CT molecular complexity index is 279. The molecule has 3 aliphatic rings. The lowest BCUT2D eigenvalue weighted by atomic mass is 9.70. The minimum atomic E-state index is -0.874. The number of amides is 1. The molecule has 4 nitrogen and oxygen atoms in total. The zero-order valence-corrected chi connectivity index (χ0v) is 8.32. The number of carbonyl (C=O) groups is 2. The van der Waals surface area contributed by atoms with E-state index in [0.717, 1.165) is 12.8 Å². The Kier molecular flexibility index (Phi) is 2.01. The summed E-state index contributed by atoms with van der Waals surface area (Å²) in [5, 5.41) is 9.24. The van der Waals surface area contributed by atoms with E-state index >= 15 is 0 Å². The quantitative estimate of drug-likeness (QED) is 0.678. The fourth-order valence-electron chi connectivity index (χ4n) is 2.80. The van der Waals surface area contributed by atoms with Crippen molar-refractivity contribution in [2.45, 2.75) is 38.1 Å². The van der Waals surface area contributed by atoms with Crippen molar-refractivity contribution in [2.75, 3.05) is 6.54 Å². The predicted octanol–water partition coefficient (Wildman–Crippen LogP) is 0.862. The Hall–Kier alpha value is -1.06. The maximum absolute atomic E-state index is 11.4. The number of hydrogen-bond donors (Lipinski definition) is 1. The van der Waals surface area contributed by atoms with Crippen LogP contribution in [0, 0.1) is 5.92 Å². The van der Waals surface area contributed by atoms with E-state index in [4.69, 9.17) is 0 Å². The number of hydrogen-bond acceptors (Lipinski definition) is 2. The number of carboxylic acid groups (broad SMARTS) is 1. The molecule has 3 rings (SSSR count). The van der Waals surface area contributed by atoms with Crippen molar-refractivity contribution in [3.8, 4) is 0 Å². The average molecular weight is 197 g/mol. The third-order valence-corrected chi connectivity index (χ3v) is 3.67. The van der Waals surface area contributed by atoms with Gasteiger partial charge in [-0.1, -0.05) is 0 Å². The van der Waals surface area contributed by atoms with Gasteiger partial charge < -0.3 is 10.0 Å². The van der Waals surface area contributed by atoms with Crippen LogP contribution >= 0.6 is 0 Å². The molecule has 0 aromatic heterocycles. The van der Waals surface area contributed by atoms with E-state index in [1.165, 1.54) is 6.92 Å². The number of carbonyl (C=O) groups excluding carboxylic acids is 1. The van der Waals surface area contributed by atoms with E-state index in [1.54, 1.807) is 4.90 Å². The number of nitrogens with zero attached hydrogens (tertiary/aromatic N) is 1. The number of rotatable bonds is 1. The molecule has 14 heavy (non-hydrogen) atoms. The van der Waals surface area contributed by atoms with Crippen LogP contribution in [0.25, 0.3) is 0 Å². The van der Waals surface area contributed by atoms with Crippen LogP contribution in [0.5, 0.6) is 0 Å². The highest BCUT2D eigenvalue weighted by molar-refractivity contribution is 5.86. The van der Waals surface area contributed by atoms with Crippen LogP contribution < -0.4 is 0 Å². The first-order valence-electron chi connectivity index (χ1n) is 5.08. The lowest BCUT2D eigenvalue weighted by Crippen LogP contribution is -2.63. The summed E-state index contributed by atoms with van der Waals surface area (Å²) < 4.78 is 0. The maximum Gasteiger partial charge on any atom is 0.329 e. The summed E-state index contributed by atoms with van der Waals surface area (Å²) in [6.45, 7) is 2.10. The molecule has 0 spiro atoms. The summed E-state index contributed by atoms with van der Waals surface area (Å²) in [7, 11) is 0. The third kappa shape index (κ3) is 1.13. The van der Waals surface area contributed by atoms with Gasteiger partial charge in [0.1, 0.15) is 5.54 Å². The van der Waals surface area contributed by atoms with Gasteiger partial charge in [-0.15, -0.1) is 0 Å². The average Bonchev–Trinajstić information content (AvgIpc) is 2.19. The molecular formula is C10H15NO3. The van der Waals surface area contributed by atoms with Crippen LogP contribution in [0.15, 0.2) is 0 Å². The Morgan fingerprint density at radius 1 is 1.36 bits per heavy atom. The molecule has 0 atom stereocenters. The summed E-state index contributed by atoms with van der Waals surface area (Å²) in [6, 6.07) is 0. The second-order valence-corrected chi connectivity index (χ2v) is 4.41. The van der Waals surface area contributed by atoms with Crippen molar-refractivity contribution >= 4 is 11.9 Å². The van der Waals surface area contributed by atoms with Gasteiger partial charge in [-0.25, -0.2) is 4.79 Å². The molecular weight excluding hydrogens is 182 g/mol. The third-order valence-electron chi connectivity index (χ3n) is 3.67. The van der Waals surface area contributed by atoms with Crippen molar-refractivity contribution in [3.63, 3.8) is 0 Å². The van der Waals surface area contributed by atoms with Crippen molar-refractivity contribution < 1.29 is 14.7 Å². The van der Waals surface area contributed by atoms with Gasteiger partial charge >= 0.3 is 5.97 Å². The smallest absolute Gasteiger partial charge is 0.329 e. The van der Waals surface area contributed by atoms with Crippen molar-refractivity contribution in [1.82, 2.24) is 4.90 Å². The molecule has 1 amide bonds. The number of piperidine rings is 2. The summed E-state index contributed by atoms with van der Waals surface area (Å²) in [5.74, 6) is -0.400. The lowest BCUT2D eigenvalue weighted by molar-refractivity contribution is -0.169. The van der Waals surface area contributed by atoms with Gasteiger partial charge in [0.2, 0.25) is 5.91 Å². The Morgan fingerprint density at radius 2 is 1.93 bits per heavy atom. The number of aliphatic carboxylic acids is 1. The molecule has 1 aliphatic carbocycles. The normalized spacial score (nSPS) is 35.8. The van der Waals surface area contributed by atoms with Gasteiger partial charge in [0.25, 0.3) is 0 Å². The summed E-state index contributed by atoms with van der Waals surface area (Å²) in [6.07, 6.45) is 3.17. The fourth-order valence-corrected chi connectivity index (χ4v) is 2.80. The zero-order valence-electron chi connectivity index (χ0n) is 8.32. The molecule has 2 aliphatic heterocycles. The van der Waals surface area contributed by atoms with E-state index in [-0.39, 0.29) is 5.91 Å². The standard InChI is InChI=1S/C10H15NO3/c1-7(12)11-6-8-2-4-10(11,5-3-8)9(13)14/h8H,2-6H2,1H3,(H,13,14). The maximum atomic E-state index is 11.4. The second kappa shape index (κ2) is 2.97. The van der Waals surface area contributed by atoms with Crippen LogP contribution in [0.3, 0.4) is 0 Å². The van der Waals surface area contributed by atoms with Gasteiger partial charge in [-0.05, 0) is 31.6 Å². The molecule has 2 saturated heterocycles. The van der Waals surface area contributed by atoms with Crippen molar-refractivity contribution in [1.29, 1.82) is 0 Å². The first kappa shape index (κ1) is 9.49. The largest absolute Gasteiger partial charge is 0.479 e. The van der Waals surface area contributed by atoms with E-state index < -0.39 is 11.5 Å². The molecule has 0 unspecified atom stereocenters. The summed E-state index contributed by atoms with van der Waals surface area (Å²) >= 11 is 0. The van der Waals surface area contributed by atoms with Crippen LogP contribution in [0.4, 0.5) is 0 Å². The molecule has 4 heteroatoms. The van der Waals surface area contributed by atoms with E-state index in [1.807, 2.05) is 0 Å². The highest BCUT2D eigenvalue weighted by Gasteiger charge is 2.52. The van der Waals surface area contributed by atoms with Gasteiger partial charge in [0, 0.05) is 13.5 Å². The Labute approximate surface area is 82.9 Å². The van der Waals surface area contributed by atoms with Crippen LogP contribution in [-0.2, 0) is 9.59 Å². The molecule has 1 N–H and O–H groups in total. The highest BCUT2D eigenvalue weighted by atomic mass is 16.4. The zero-order chi connectivity index (χ0) is 10.3. The molecule has 2 heterocycles. The highest BCUT2D eigenvalue weighted by Crippen LogP contribution is 2.43. The number of fused-ring (bicyclic) bond motifs is 3. The van der Waals surface area contributed by atoms with Crippen molar-refractivity contribution in [2.24, 2.45) is 5.92 Å². The van der Waals surface area contributed by atoms with Gasteiger partial charge in [0.15, 0.2) is 0 Å². The molecule has 78 valence electrons. The first-order valence-corrected chi connectivity index (χ1v) is 5.08. The van der Waals surface area contributed by atoms with E-state index in [0.29, 0.717) is 25.3 Å². The van der Waals surface area contributed by atoms with Crippen LogP contribution in [0.2, 0.25) is 0 Å². The lowest BCUT2D eigenvalue weighted by Gasteiger charge is -2.51. The molecule has 0 aromatic rings. The Morgan fingerprint density at radius 3 is 2.29 bits per heavy atom. The van der Waals surface area contributed by atoms with Gasteiger partial charge in [0.05, 0.1) is 0 Å². The molecule has 1 saturated carbocycles. The summed E-state index contributed by atoms with van der Waals surface area (Å²) in [5.41, 5.74) is -0.874. The van der Waals surface area contributed by atoms with Crippen LogP contribution in [-0.4, -0.2) is 34.0 Å². The Balaban J connectivity index is 2.33. The van der Waals surface area contributed by atoms with Gasteiger partial charge in [-0.3, -0.25) is 4.79 Å². The molecule has 0 aromatic carbocycles. The van der Waals surface area contributed by atoms with Crippen molar-refractivity contribution in [3.05, 3.63) is 0 Å².